The standard InChI is InChI=1S/C12H15FN2O5S/c1-19-12(16)10-7-20-5-4-15(10)21(17,18)11-6-8(13)2-3-9(11)14/h2-3,6,10H,4-5,7,14H2,1H3. The number of carbonyl (C=O) groups excluding carboxylic acids is 1. The highest BCUT2D eigenvalue weighted by Gasteiger charge is 2.39. The number of sulfonamides is 1. The van der Waals surface area contributed by atoms with Crippen molar-refractivity contribution in [2.24, 2.45) is 0 Å². The molecule has 21 heavy (non-hydrogen) atoms. The van der Waals surface area contributed by atoms with Crippen molar-refractivity contribution in [3.8, 4) is 0 Å². The van der Waals surface area contributed by atoms with Gasteiger partial charge in [0.15, 0.2) is 0 Å². The maximum atomic E-state index is 13.3. The fourth-order valence-corrected chi connectivity index (χ4v) is 3.73. The molecule has 116 valence electrons. The van der Waals surface area contributed by atoms with Gasteiger partial charge in [0, 0.05) is 6.54 Å². The van der Waals surface area contributed by atoms with E-state index in [0.717, 1.165) is 29.6 Å². The molecule has 0 aliphatic carbocycles. The summed E-state index contributed by atoms with van der Waals surface area (Å²) in [4.78, 5) is 11.3. The van der Waals surface area contributed by atoms with E-state index < -0.39 is 27.9 Å². The number of anilines is 1. The first-order valence-electron chi connectivity index (χ1n) is 6.10. The first kappa shape index (κ1) is 15.7. The Balaban J connectivity index is 2.45. The van der Waals surface area contributed by atoms with Crippen LogP contribution in [0.5, 0.6) is 0 Å². The van der Waals surface area contributed by atoms with Crippen molar-refractivity contribution in [3.63, 3.8) is 0 Å². The minimum atomic E-state index is -4.13. The highest BCUT2D eigenvalue weighted by atomic mass is 32.2. The predicted molar refractivity (Wildman–Crippen MR) is 71.3 cm³/mol. The lowest BCUT2D eigenvalue weighted by Crippen LogP contribution is -2.52. The molecule has 2 N–H and O–H groups in total. The predicted octanol–water partition coefficient (Wildman–Crippen LogP) is -0.0296. The van der Waals surface area contributed by atoms with E-state index in [-0.39, 0.29) is 30.3 Å². The number of hydrogen-bond acceptors (Lipinski definition) is 6. The summed E-state index contributed by atoms with van der Waals surface area (Å²) in [6, 6.07) is 1.94. The van der Waals surface area contributed by atoms with Crippen LogP contribution in [0, 0.1) is 5.82 Å². The second-order valence-electron chi connectivity index (χ2n) is 4.41. The number of nitrogens with zero attached hydrogens (tertiary/aromatic N) is 1. The van der Waals surface area contributed by atoms with Crippen LogP contribution >= 0.6 is 0 Å². The fourth-order valence-electron chi connectivity index (χ4n) is 2.06. The van der Waals surface area contributed by atoms with Crippen LogP contribution in [0.2, 0.25) is 0 Å². The Kier molecular flexibility index (Phi) is 4.45. The lowest BCUT2D eigenvalue weighted by atomic mass is 10.3. The minimum Gasteiger partial charge on any atom is -0.468 e. The molecule has 0 saturated carbocycles. The van der Waals surface area contributed by atoms with Crippen LogP contribution in [-0.4, -0.2) is 51.6 Å². The highest BCUT2D eigenvalue weighted by molar-refractivity contribution is 7.89. The lowest BCUT2D eigenvalue weighted by Gasteiger charge is -2.32. The molecule has 2 rings (SSSR count). The Labute approximate surface area is 121 Å². The third-order valence-corrected chi connectivity index (χ3v) is 5.08. The van der Waals surface area contributed by atoms with Gasteiger partial charge in [-0.05, 0) is 18.2 Å². The number of morpholine rings is 1. The van der Waals surface area contributed by atoms with E-state index in [2.05, 4.69) is 4.74 Å². The van der Waals surface area contributed by atoms with Gasteiger partial charge in [-0.2, -0.15) is 4.31 Å². The molecular weight excluding hydrogens is 303 g/mol. The van der Waals surface area contributed by atoms with Crippen LogP contribution in [0.4, 0.5) is 10.1 Å². The van der Waals surface area contributed by atoms with E-state index in [1.807, 2.05) is 0 Å². The maximum absolute atomic E-state index is 13.3. The lowest BCUT2D eigenvalue weighted by molar-refractivity contribution is -0.149. The summed E-state index contributed by atoms with van der Waals surface area (Å²) < 4.78 is 49.1. The van der Waals surface area contributed by atoms with Crippen LogP contribution < -0.4 is 5.73 Å². The molecule has 1 aromatic carbocycles. The number of halogens is 1. The molecule has 0 aromatic heterocycles. The summed E-state index contributed by atoms with van der Waals surface area (Å²) in [5.74, 6) is -1.47. The molecule has 0 spiro atoms. The van der Waals surface area contributed by atoms with Gasteiger partial charge in [0.25, 0.3) is 0 Å². The molecule has 1 aromatic rings. The number of nitrogens with two attached hydrogens (primary N) is 1. The Hall–Kier alpha value is -1.71. The van der Waals surface area contributed by atoms with Gasteiger partial charge in [-0.25, -0.2) is 12.8 Å². The van der Waals surface area contributed by atoms with Crippen LogP contribution in [0.1, 0.15) is 0 Å². The van der Waals surface area contributed by atoms with Crippen molar-refractivity contribution in [2.75, 3.05) is 32.6 Å². The Bertz CT molecular complexity index is 649. The number of benzene rings is 1. The molecule has 9 heteroatoms. The van der Waals surface area contributed by atoms with Crippen molar-refractivity contribution in [2.45, 2.75) is 10.9 Å². The first-order valence-corrected chi connectivity index (χ1v) is 7.54. The van der Waals surface area contributed by atoms with Crippen LogP contribution in [0.15, 0.2) is 23.1 Å². The summed E-state index contributed by atoms with van der Waals surface area (Å²) in [7, 11) is -2.98. The largest absolute Gasteiger partial charge is 0.468 e. The molecular formula is C12H15FN2O5S. The Morgan fingerprint density at radius 2 is 2.24 bits per heavy atom. The van der Waals surface area contributed by atoms with Gasteiger partial charge in [0.2, 0.25) is 10.0 Å². The Morgan fingerprint density at radius 1 is 1.52 bits per heavy atom. The van der Waals surface area contributed by atoms with E-state index in [4.69, 9.17) is 10.5 Å². The number of methoxy groups -OCH3 is 1. The molecule has 1 atom stereocenters. The van der Waals surface area contributed by atoms with Crippen LogP contribution in [-0.2, 0) is 24.3 Å². The molecule has 7 nitrogen and oxygen atoms in total. The summed E-state index contributed by atoms with van der Waals surface area (Å²) in [5.41, 5.74) is 5.53. The topological polar surface area (TPSA) is 98.9 Å². The monoisotopic (exact) mass is 318 g/mol. The number of carbonyl (C=O) groups is 1. The molecule has 1 heterocycles. The molecule has 1 aliphatic rings. The van der Waals surface area contributed by atoms with Crippen molar-refractivity contribution in [1.82, 2.24) is 4.31 Å². The third kappa shape index (κ3) is 2.99. The van der Waals surface area contributed by atoms with E-state index >= 15 is 0 Å². The van der Waals surface area contributed by atoms with E-state index in [9.17, 15) is 17.6 Å². The molecule has 0 amide bonds. The number of hydrogen-bond donors (Lipinski definition) is 1. The van der Waals surface area contributed by atoms with E-state index in [1.54, 1.807) is 0 Å². The Morgan fingerprint density at radius 3 is 2.90 bits per heavy atom. The van der Waals surface area contributed by atoms with Crippen molar-refractivity contribution in [3.05, 3.63) is 24.0 Å². The van der Waals surface area contributed by atoms with Gasteiger partial charge in [-0.15, -0.1) is 0 Å². The number of ether oxygens (including phenoxy) is 2. The maximum Gasteiger partial charge on any atom is 0.326 e. The average molecular weight is 318 g/mol. The summed E-state index contributed by atoms with van der Waals surface area (Å²) >= 11 is 0. The number of nitrogen functional groups attached to an aromatic ring is 1. The highest BCUT2D eigenvalue weighted by Crippen LogP contribution is 2.26. The summed E-state index contributed by atoms with van der Waals surface area (Å²) in [6.07, 6.45) is 0. The molecule has 1 saturated heterocycles. The molecule has 0 radical (unpaired) electrons. The SMILES string of the molecule is COC(=O)C1COCCN1S(=O)(=O)c1cc(F)ccc1N. The van der Waals surface area contributed by atoms with Crippen LogP contribution in [0.3, 0.4) is 0 Å². The second kappa shape index (κ2) is 5.96. The van der Waals surface area contributed by atoms with Gasteiger partial charge < -0.3 is 15.2 Å². The normalized spacial score (nSPS) is 20.2. The molecule has 1 unspecified atom stereocenters. The average Bonchev–Trinajstić information content (AvgIpc) is 2.48. The van der Waals surface area contributed by atoms with Crippen molar-refractivity contribution >= 4 is 21.7 Å². The number of rotatable bonds is 3. The van der Waals surface area contributed by atoms with Gasteiger partial charge in [-0.1, -0.05) is 0 Å². The van der Waals surface area contributed by atoms with Gasteiger partial charge >= 0.3 is 5.97 Å². The third-order valence-electron chi connectivity index (χ3n) is 3.11. The fraction of sp³-hybridized carbons (Fsp3) is 0.417. The van der Waals surface area contributed by atoms with Gasteiger partial charge in [0.05, 0.1) is 26.0 Å². The molecule has 1 fully saturated rings. The zero-order valence-electron chi connectivity index (χ0n) is 11.3. The zero-order chi connectivity index (χ0) is 15.6. The summed E-state index contributed by atoms with van der Waals surface area (Å²) in [5, 5.41) is 0. The van der Waals surface area contributed by atoms with E-state index in [1.165, 1.54) is 0 Å². The van der Waals surface area contributed by atoms with Crippen LogP contribution in [0.25, 0.3) is 0 Å². The first-order chi connectivity index (χ1) is 9.87. The zero-order valence-corrected chi connectivity index (χ0v) is 12.1. The van der Waals surface area contributed by atoms with Crippen molar-refractivity contribution < 1.29 is 27.1 Å². The van der Waals surface area contributed by atoms with Gasteiger partial charge in [-0.3, -0.25) is 4.79 Å². The smallest absolute Gasteiger partial charge is 0.326 e. The summed E-state index contributed by atoms with van der Waals surface area (Å²) in [6.45, 7) is -0.0406. The second-order valence-corrected chi connectivity index (χ2v) is 6.27. The van der Waals surface area contributed by atoms with Gasteiger partial charge in [0.1, 0.15) is 16.8 Å². The molecule has 0 bridgehead atoms. The van der Waals surface area contributed by atoms with Crippen molar-refractivity contribution in [1.29, 1.82) is 0 Å². The quantitative estimate of drug-likeness (QED) is 0.621. The minimum absolute atomic E-state index is 0.0436. The molecule has 1 aliphatic heterocycles. The van der Waals surface area contributed by atoms with E-state index in [0.29, 0.717) is 0 Å². The number of esters is 1.